The first kappa shape index (κ1) is 20.5. The Bertz CT molecular complexity index is 927. The van der Waals surface area contributed by atoms with E-state index in [9.17, 15) is 9.18 Å². The van der Waals surface area contributed by atoms with Crippen molar-refractivity contribution in [2.75, 3.05) is 26.0 Å². The number of halogens is 1. The summed E-state index contributed by atoms with van der Waals surface area (Å²) in [6.45, 7) is 0.615. The van der Waals surface area contributed by atoms with Crippen molar-refractivity contribution in [3.05, 3.63) is 47.8 Å². The summed E-state index contributed by atoms with van der Waals surface area (Å²) >= 11 is 0. The number of rotatable bonds is 6. The number of ether oxygens (including phenoxy) is 3. The number of amides is 1. The van der Waals surface area contributed by atoms with Crippen LogP contribution in [0.25, 0.3) is 0 Å². The van der Waals surface area contributed by atoms with Crippen LogP contribution in [0.4, 0.5) is 10.1 Å². The SMILES string of the molecule is COc1ccc(CN(C)CC(=O)Nc2ccc3c(c2)OC2(CCCCC2)O3)cc1F. The topological polar surface area (TPSA) is 60.0 Å². The Hall–Kier alpha value is -2.80. The molecule has 0 aromatic heterocycles. The van der Waals surface area contributed by atoms with Gasteiger partial charge >= 0.3 is 0 Å². The highest BCUT2D eigenvalue weighted by atomic mass is 19.1. The maximum absolute atomic E-state index is 13.8. The van der Waals surface area contributed by atoms with Gasteiger partial charge in [-0.25, -0.2) is 4.39 Å². The van der Waals surface area contributed by atoms with Gasteiger partial charge in [0.05, 0.1) is 13.7 Å². The lowest BCUT2D eigenvalue weighted by Gasteiger charge is -2.31. The Morgan fingerprint density at radius 2 is 1.90 bits per heavy atom. The van der Waals surface area contributed by atoms with E-state index in [0.29, 0.717) is 18.0 Å². The highest BCUT2D eigenvalue weighted by molar-refractivity contribution is 5.92. The minimum absolute atomic E-state index is 0.155. The Kier molecular flexibility index (Phi) is 5.81. The Morgan fingerprint density at radius 1 is 1.13 bits per heavy atom. The summed E-state index contributed by atoms with van der Waals surface area (Å²) in [6, 6.07) is 10.3. The molecule has 1 heterocycles. The van der Waals surface area contributed by atoms with E-state index in [1.54, 1.807) is 12.1 Å². The summed E-state index contributed by atoms with van der Waals surface area (Å²) in [5.41, 5.74) is 1.43. The maximum atomic E-state index is 13.8. The van der Waals surface area contributed by atoms with Gasteiger partial charge in [0, 0.05) is 31.1 Å². The Balaban J connectivity index is 1.32. The molecule has 1 aliphatic heterocycles. The molecule has 1 aliphatic carbocycles. The largest absolute Gasteiger partial charge is 0.494 e. The minimum Gasteiger partial charge on any atom is -0.494 e. The molecule has 160 valence electrons. The number of anilines is 1. The van der Waals surface area contributed by atoms with E-state index in [1.165, 1.54) is 19.6 Å². The number of hydrogen-bond donors (Lipinski definition) is 1. The van der Waals surface area contributed by atoms with Gasteiger partial charge in [-0.3, -0.25) is 9.69 Å². The number of fused-ring (bicyclic) bond motifs is 1. The monoisotopic (exact) mass is 414 g/mol. The van der Waals surface area contributed by atoms with Crippen LogP contribution in [0, 0.1) is 5.82 Å². The molecule has 0 bridgehead atoms. The van der Waals surface area contributed by atoms with Gasteiger partial charge in [0.1, 0.15) is 0 Å². The molecule has 2 aromatic carbocycles. The average Bonchev–Trinajstić information content (AvgIpc) is 3.04. The fourth-order valence-electron chi connectivity index (χ4n) is 4.09. The lowest BCUT2D eigenvalue weighted by molar-refractivity contribution is -0.117. The average molecular weight is 414 g/mol. The van der Waals surface area contributed by atoms with Gasteiger partial charge in [0.25, 0.3) is 5.79 Å². The summed E-state index contributed by atoms with van der Waals surface area (Å²) in [7, 11) is 3.24. The van der Waals surface area contributed by atoms with E-state index in [4.69, 9.17) is 14.2 Å². The normalized spacial score (nSPS) is 16.7. The van der Waals surface area contributed by atoms with Gasteiger partial charge in [-0.05, 0) is 49.7 Å². The first-order chi connectivity index (χ1) is 14.5. The zero-order valence-corrected chi connectivity index (χ0v) is 17.4. The van der Waals surface area contributed by atoms with E-state index in [-0.39, 0.29) is 18.2 Å². The zero-order chi connectivity index (χ0) is 21.1. The minimum atomic E-state index is -0.531. The van der Waals surface area contributed by atoms with Gasteiger partial charge in [-0.15, -0.1) is 0 Å². The van der Waals surface area contributed by atoms with Crippen LogP contribution in [0.15, 0.2) is 36.4 Å². The molecule has 1 amide bonds. The smallest absolute Gasteiger partial charge is 0.251 e. The summed E-state index contributed by atoms with van der Waals surface area (Å²) in [4.78, 5) is 14.3. The predicted octanol–water partition coefficient (Wildman–Crippen LogP) is 4.34. The number of methoxy groups -OCH3 is 1. The molecule has 0 atom stereocenters. The van der Waals surface area contributed by atoms with Crippen molar-refractivity contribution in [1.82, 2.24) is 4.90 Å². The summed E-state index contributed by atoms with van der Waals surface area (Å²) < 4.78 is 31.0. The molecule has 30 heavy (non-hydrogen) atoms. The van der Waals surface area contributed by atoms with Crippen molar-refractivity contribution in [3.63, 3.8) is 0 Å². The van der Waals surface area contributed by atoms with Crippen LogP contribution in [0.1, 0.15) is 37.7 Å². The second-order valence-corrected chi connectivity index (χ2v) is 8.03. The lowest BCUT2D eigenvalue weighted by atomic mass is 9.94. The number of hydrogen-bond acceptors (Lipinski definition) is 5. The van der Waals surface area contributed by atoms with Gasteiger partial charge in [0.15, 0.2) is 23.1 Å². The van der Waals surface area contributed by atoms with Crippen LogP contribution in [0.2, 0.25) is 0 Å². The number of carbonyl (C=O) groups excluding carboxylic acids is 1. The van der Waals surface area contributed by atoms with E-state index in [1.807, 2.05) is 30.1 Å². The second kappa shape index (κ2) is 8.52. The molecule has 6 nitrogen and oxygen atoms in total. The molecule has 0 unspecified atom stereocenters. The van der Waals surface area contributed by atoms with Crippen LogP contribution in [-0.2, 0) is 11.3 Å². The summed E-state index contributed by atoms with van der Waals surface area (Å²) in [6.07, 6.45) is 5.19. The van der Waals surface area contributed by atoms with Gasteiger partial charge in [0.2, 0.25) is 5.91 Å². The summed E-state index contributed by atoms with van der Waals surface area (Å²) in [5, 5.41) is 2.90. The Morgan fingerprint density at radius 3 is 2.63 bits per heavy atom. The highest BCUT2D eigenvalue weighted by Gasteiger charge is 2.42. The van der Waals surface area contributed by atoms with E-state index in [0.717, 1.165) is 37.0 Å². The standard InChI is InChI=1S/C23H27FN2O4/c1-26(14-16-6-8-19(28-2)18(24)12-16)15-22(27)25-17-7-9-20-21(13-17)30-23(29-20)10-4-3-5-11-23/h6-9,12-13H,3-5,10-11,14-15H2,1-2H3,(H,25,27). The second-order valence-electron chi connectivity index (χ2n) is 8.03. The number of benzene rings is 2. The molecule has 7 heteroatoms. The van der Waals surface area contributed by atoms with Crippen LogP contribution in [0.3, 0.4) is 0 Å². The van der Waals surface area contributed by atoms with Crippen LogP contribution in [-0.4, -0.2) is 37.3 Å². The van der Waals surface area contributed by atoms with Crippen molar-refractivity contribution >= 4 is 11.6 Å². The van der Waals surface area contributed by atoms with Gasteiger partial charge < -0.3 is 19.5 Å². The quantitative estimate of drug-likeness (QED) is 0.762. The third-order valence-corrected chi connectivity index (χ3v) is 5.52. The Labute approximate surface area is 175 Å². The molecule has 1 fully saturated rings. The van der Waals surface area contributed by atoms with Crippen molar-refractivity contribution in [1.29, 1.82) is 0 Å². The molecule has 2 aromatic rings. The van der Waals surface area contributed by atoms with Gasteiger partial charge in [-0.2, -0.15) is 0 Å². The first-order valence-corrected chi connectivity index (χ1v) is 10.3. The fourth-order valence-corrected chi connectivity index (χ4v) is 4.09. The molecule has 4 rings (SSSR count). The zero-order valence-electron chi connectivity index (χ0n) is 17.4. The van der Waals surface area contributed by atoms with Crippen molar-refractivity contribution in [2.45, 2.75) is 44.4 Å². The lowest BCUT2D eigenvalue weighted by Crippen LogP contribution is -2.40. The van der Waals surface area contributed by atoms with Gasteiger partial charge in [-0.1, -0.05) is 12.5 Å². The number of likely N-dealkylation sites (N-methyl/N-ethyl adjacent to an activating group) is 1. The van der Waals surface area contributed by atoms with Crippen molar-refractivity contribution in [2.24, 2.45) is 0 Å². The number of carbonyl (C=O) groups is 1. The first-order valence-electron chi connectivity index (χ1n) is 10.3. The fraction of sp³-hybridized carbons (Fsp3) is 0.435. The van der Waals surface area contributed by atoms with Crippen molar-refractivity contribution in [3.8, 4) is 17.2 Å². The third kappa shape index (κ3) is 4.51. The molecule has 2 aliphatic rings. The van der Waals surface area contributed by atoms with Crippen molar-refractivity contribution < 1.29 is 23.4 Å². The maximum Gasteiger partial charge on any atom is 0.251 e. The van der Waals surface area contributed by atoms with E-state index in [2.05, 4.69) is 5.32 Å². The van der Waals surface area contributed by atoms with Crippen LogP contribution < -0.4 is 19.5 Å². The highest BCUT2D eigenvalue weighted by Crippen LogP contribution is 2.46. The number of nitrogens with zero attached hydrogens (tertiary/aromatic N) is 1. The number of nitrogens with one attached hydrogen (secondary N) is 1. The van der Waals surface area contributed by atoms with E-state index < -0.39 is 11.6 Å². The molecule has 0 radical (unpaired) electrons. The predicted molar refractivity (Wildman–Crippen MR) is 111 cm³/mol. The van der Waals surface area contributed by atoms with Crippen LogP contribution >= 0.6 is 0 Å². The molecule has 1 saturated carbocycles. The summed E-state index contributed by atoms with van der Waals surface area (Å²) in [5.74, 6) is 0.515. The molecule has 0 saturated heterocycles. The molecular formula is C23H27FN2O4. The molecule has 1 N–H and O–H groups in total. The van der Waals surface area contributed by atoms with Crippen LogP contribution in [0.5, 0.6) is 17.2 Å². The van der Waals surface area contributed by atoms with E-state index >= 15 is 0 Å². The molecule has 1 spiro atoms. The third-order valence-electron chi connectivity index (χ3n) is 5.52. The molecular weight excluding hydrogens is 387 g/mol.